The number of methoxy groups -OCH3 is 1. The minimum atomic E-state index is -2.01. The van der Waals surface area contributed by atoms with Crippen molar-refractivity contribution in [2.24, 2.45) is 16.2 Å². The van der Waals surface area contributed by atoms with Gasteiger partial charge in [-0.25, -0.2) is 9.59 Å². The zero-order valence-corrected chi connectivity index (χ0v) is 33.9. The molecule has 56 heavy (non-hydrogen) atoms. The van der Waals surface area contributed by atoms with Crippen molar-refractivity contribution < 1.29 is 72.8 Å². The van der Waals surface area contributed by atoms with E-state index in [1.807, 2.05) is 0 Å². The lowest BCUT2D eigenvalue weighted by Crippen LogP contribution is -2.62. The molecular formula is C41H60O15. The van der Waals surface area contributed by atoms with E-state index in [2.05, 4.69) is 0 Å². The highest BCUT2D eigenvalue weighted by molar-refractivity contribution is 5.86. The monoisotopic (exact) mass is 792 g/mol. The minimum absolute atomic E-state index is 0.0915. The number of esters is 4. The molecule has 15 heteroatoms. The topological polar surface area (TPSA) is 214 Å². The van der Waals surface area contributed by atoms with Gasteiger partial charge in [0.2, 0.25) is 0 Å². The fourth-order valence-corrected chi connectivity index (χ4v) is 8.04. The second kappa shape index (κ2) is 16.2. The Labute approximate surface area is 328 Å². The van der Waals surface area contributed by atoms with Crippen molar-refractivity contribution in [2.45, 2.75) is 173 Å². The molecule has 11 atom stereocenters. The van der Waals surface area contributed by atoms with Crippen LogP contribution < -0.4 is 0 Å². The summed E-state index contributed by atoms with van der Waals surface area (Å²) in [5.74, 6) is -6.45. The van der Waals surface area contributed by atoms with Crippen LogP contribution >= 0.6 is 0 Å². The molecule has 15 nitrogen and oxygen atoms in total. The predicted octanol–water partition coefficient (Wildman–Crippen LogP) is 3.23. The van der Waals surface area contributed by atoms with Crippen LogP contribution in [0.3, 0.4) is 0 Å². The first-order valence-corrected chi connectivity index (χ1v) is 19.4. The van der Waals surface area contributed by atoms with E-state index in [9.17, 15) is 39.6 Å². The van der Waals surface area contributed by atoms with E-state index in [-0.39, 0.29) is 44.9 Å². The Morgan fingerprint density at radius 3 is 2.30 bits per heavy atom. The first-order valence-electron chi connectivity index (χ1n) is 19.4. The molecule has 314 valence electrons. The average molecular weight is 793 g/mol. The first-order chi connectivity index (χ1) is 25.8. The standard InChI is InChI=1S/C41H60O15/c1-22(42)29-19-30-35-24(15-33(45)54-35)20-40(48,56-30)38(5,6)11-10-26-12-23(14-32(44)50-9)13-28(51-26)21-41(49)39(7,8)31(53-36(47)37(2,3)4)18-27(55-41)16-25(43)17-34(46)52-29/h10-11,14-15,22,25-31,35,42-43,48-49H,12-13,16-21H2,1-9H3/b11-10+,23-14-/t22-,25-,26+,27-,28+,29-,30-,31+,35+,40-,41+/m1/s1. The van der Waals surface area contributed by atoms with E-state index in [1.54, 1.807) is 60.6 Å². The molecule has 0 aliphatic carbocycles. The quantitative estimate of drug-likeness (QED) is 0.140. The van der Waals surface area contributed by atoms with Gasteiger partial charge < -0.3 is 53.6 Å². The summed E-state index contributed by atoms with van der Waals surface area (Å²) in [7, 11) is 1.27. The highest BCUT2D eigenvalue weighted by Crippen LogP contribution is 2.50. The van der Waals surface area contributed by atoms with Crippen LogP contribution in [-0.4, -0.2) is 118 Å². The maximum Gasteiger partial charge on any atom is 0.331 e. The number of carbonyl (C=O) groups excluding carboxylic acids is 4. The molecule has 5 aliphatic rings. The van der Waals surface area contributed by atoms with Gasteiger partial charge in [0.1, 0.15) is 18.3 Å². The van der Waals surface area contributed by atoms with Gasteiger partial charge in [-0.2, -0.15) is 0 Å². The first kappa shape index (κ1) is 43.9. The molecule has 0 unspecified atom stereocenters. The molecule has 0 saturated carbocycles. The van der Waals surface area contributed by atoms with Crippen LogP contribution in [0.5, 0.6) is 0 Å². The van der Waals surface area contributed by atoms with Crippen molar-refractivity contribution in [1.29, 1.82) is 0 Å². The van der Waals surface area contributed by atoms with Crippen LogP contribution in [-0.2, 0) is 52.3 Å². The third-order valence-electron chi connectivity index (χ3n) is 11.9. The van der Waals surface area contributed by atoms with E-state index in [4.69, 9.17) is 33.2 Å². The van der Waals surface area contributed by atoms with E-state index >= 15 is 0 Å². The molecule has 5 aliphatic heterocycles. The van der Waals surface area contributed by atoms with Crippen molar-refractivity contribution >= 4 is 23.9 Å². The van der Waals surface area contributed by atoms with Crippen LogP contribution in [0.2, 0.25) is 0 Å². The number of hydrogen-bond donors (Lipinski definition) is 4. The molecule has 0 radical (unpaired) electrons. The number of aliphatic hydroxyl groups excluding tert-OH is 2. The minimum Gasteiger partial charge on any atom is -0.466 e. The lowest BCUT2D eigenvalue weighted by atomic mass is 9.70. The number of carbonyl (C=O) groups is 4. The van der Waals surface area contributed by atoms with Gasteiger partial charge in [-0.05, 0) is 46.1 Å². The van der Waals surface area contributed by atoms with Gasteiger partial charge in [0.05, 0.1) is 54.9 Å². The Kier molecular flexibility index (Phi) is 12.7. The highest BCUT2D eigenvalue weighted by Gasteiger charge is 2.59. The third kappa shape index (κ3) is 9.57. The van der Waals surface area contributed by atoms with Crippen molar-refractivity contribution in [3.63, 3.8) is 0 Å². The van der Waals surface area contributed by atoms with Crippen LogP contribution in [0.15, 0.2) is 35.5 Å². The molecule has 5 rings (SSSR count). The Morgan fingerprint density at radius 2 is 1.66 bits per heavy atom. The highest BCUT2D eigenvalue weighted by atomic mass is 16.7. The molecule has 0 aromatic rings. The molecule has 4 N–H and O–H groups in total. The summed E-state index contributed by atoms with van der Waals surface area (Å²) in [5.41, 5.74) is -2.08. The second-order valence-corrected chi connectivity index (χ2v) is 18.2. The van der Waals surface area contributed by atoms with Crippen LogP contribution in [0.25, 0.3) is 0 Å². The Bertz CT molecular complexity index is 1600. The number of cyclic esters (lactones) is 1. The Hall–Kier alpha value is -3.18. The van der Waals surface area contributed by atoms with E-state index in [1.165, 1.54) is 26.2 Å². The Balaban J connectivity index is 1.57. The average Bonchev–Trinajstić information content (AvgIpc) is 3.44. The van der Waals surface area contributed by atoms with E-state index in [0.29, 0.717) is 11.1 Å². The fraction of sp³-hybridized carbons (Fsp3) is 0.756. The summed E-state index contributed by atoms with van der Waals surface area (Å²) in [6.45, 7) is 13.5. The van der Waals surface area contributed by atoms with Gasteiger partial charge in [-0.1, -0.05) is 45.4 Å². The largest absolute Gasteiger partial charge is 0.466 e. The molecule has 5 heterocycles. The summed E-state index contributed by atoms with van der Waals surface area (Å²) in [5, 5.41) is 46.7. The van der Waals surface area contributed by atoms with Gasteiger partial charge in [-0.15, -0.1) is 0 Å². The summed E-state index contributed by atoms with van der Waals surface area (Å²) in [6.07, 6.45) is -3.16. The van der Waals surface area contributed by atoms with E-state index < -0.39 is 113 Å². The molecule has 3 fully saturated rings. The summed E-state index contributed by atoms with van der Waals surface area (Å²) >= 11 is 0. The van der Waals surface area contributed by atoms with E-state index in [0.717, 1.165) is 0 Å². The van der Waals surface area contributed by atoms with Crippen molar-refractivity contribution in [2.75, 3.05) is 7.11 Å². The van der Waals surface area contributed by atoms with Gasteiger partial charge in [-0.3, -0.25) is 9.59 Å². The lowest BCUT2D eigenvalue weighted by molar-refractivity contribution is -0.349. The molecule has 0 aromatic heterocycles. The number of hydrogen-bond acceptors (Lipinski definition) is 15. The van der Waals surface area contributed by atoms with Gasteiger partial charge in [0.15, 0.2) is 17.7 Å². The number of fused-ring (bicyclic) bond motifs is 8. The summed E-state index contributed by atoms with van der Waals surface area (Å²) in [6, 6.07) is 0. The normalized spacial score (nSPS) is 39.5. The molecular weight excluding hydrogens is 732 g/mol. The SMILES string of the molecule is COC(=O)/C=C1\C[C@H]2C[C@]3(O)O[C@H](C[C@@H](O)CC(=O)O[C@@H]([C@@H](C)O)C[C@H]4O[C@](O)(CC5=CC(=O)O[C@@H]54)C(C)(C)/C=C/[C@@H](C1)O2)C[C@H](OC(=O)C(C)(C)C)C3(C)C. The maximum atomic E-state index is 13.3. The third-order valence-corrected chi connectivity index (χ3v) is 11.9. The predicted molar refractivity (Wildman–Crippen MR) is 197 cm³/mol. The molecule has 6 bridgehead atoms. The smallest absolute Gasteiger partial charge is 0.331 e. The van der Waals surface area contributed by atoms with Crippen molar-refractivity contribution in [3.8, 4) is 0 Å². The second-order valence-electron chi connectivity index (χ2n) is 18.2. The van der Waals surface area contributed by atoms with Gasteiger partial charge >= 0.3 is 23.9 Å². The van der Waals surface area contributed by atoms with Crippen LogP contribution in [0.1, 0.15) is 107 Å². The Morgan fingerprint density at radius 1 is 0.964 bits per heavy atom. The fourth-order valence-electron chi connectivity index (χ4n) is 8.04. The van der Waals surface area contributed by atoms with Crippen molar-refractivity contribution in [3.05, 3.63) is 35.5 Å². The number of ether oxygens (including phenoxy) is 7. The lowest BCUT2D eigenvalue weighted by Gasteiger charge is -2.54. The molecule has 3 saturated heterocycles. The van der Waals surface area contributed by atoms with Crippen molar-refractivity contribution in [1.82, 2.24) is 0 Å². The number of aliphatic hydroxyl groups is 4. The van der Waals surface area contributed by atoms with Gasteiger partial charge in [0, 0.05) is 49.7 Å². The molecule has 0 aromatic carbocycles. The molecule has 0 amide bonds. The summed E-state index contributed by atoms with van der Waals surface area (Å²) < 4.78 is 41.5. The zero-order chi connectivity index (χ0) is 41.6. The van der Waals surface area contributed by atoms with Crippen LogP contribution in [0.4, 0.5) is 0 Å². The molecule has 0 spiro atoms. The summed E-state index contributed by atoms with van der Waals surface area (Å²) in [4.78, 5) is 51.5. The van der Waals surface area contributed by atoms with Crippen LogP contribution in [0, 0.1) is 16.2 Å². The maximum absolute atomic E-state index is 13.3. The zero-order valence-electron chi connectivity index (χ0n) is 33.9. The van der Waals surface area contributed by atoms with Gasteiger partial charge in [0.25, 0.3) is 0 Å². The number of rotatable bonds is 3.